The van der Waals surface area contributed by atoms with Crippen molar-refractivity contribution in [3.05, 3.63) is 47.5 Å². The van der Waals surface area contributed by atoms with E-state index in [1.807, 2.05) is 18.2 Å². The quantitative estimate of drug-likeness (QED) is 0.197. The number of aliphatic hydroxyl groups is 2. The molecule has 2 N–H and O–H groups in total. The van der Waals surface area contributed by atoms with E-state index >= 15 is 0 Å². The predicted octanol–water partition coefficient (Wildman–Crippen LogP) is 6.44. The minimum Gasteiger partial charge on any atom is -0.462 e. The van der Waals surface area contributed by atoms with Gasteiger partial charge < -0.3 is 29.2 Å². The van der Waals surface area contributed by atoms with E-state index in [1.165, 1.54) is 19.4 Å². The van der Waals surface area contributed by atoms with Crippen molar-refractivity contribution in [2.75, 3.05) is 6.61 Å². The molecule has 6 rings (SSSR count). The third kappa shape index (κ3) is 5.83. The van der Waals surface area contributed by atoms with Crippen LogP contribution in [-0.2, 0) is 28.5 Å². The zero-order chi connectivity index (χ0) is 36.6. The maximum Gasteiger partial charge on any atom is 0.338 e. The second-order valence-corrected chi connectivity index (χ2v) is 17.9. The van der Waals surface area contributed by atoms with Gasteiger partial charge in [0.2, 0.25) is 0 Å². The summed E-state index contributed by atoms with van der Waals surface area (Å²) in [5.41, 5.74) is -1.21. The number of benzene rings is 1. The molecule has 1 aromatic carbocycles. The fourth-order valence-electron chi connectivity index (χ4n) is 12.1. The number of carbonyl (C=O) groups excluding carboxylic acids is 3. The summed E-state index contributed by atoms with van der Waals surface area (Å²) >= 11 is 0. The third-order valence-electron chi connectivity index (χ3n) is 14.3. The fraction of sp³-hybridized carbons (Fsp3) is 0.732. The van der Waals surface area contributed by atoms with Crippen molar-refractivity contribution in [1.82, 2.24) is 0 Å². The fourth-order valence-corrected chi connectivity index (χ4v) is 12.1. The first kappa shape index (κ1) is 37.0. The van der Waals surface area contributed by atoms with Crippen LogP contribution < -0.4 is 0 Å². The molecule has 0 aromatic heterocycles. The molecular formula is C41H58O9. The lowest BCUT2D eigenvalue weighted by Crippen LogP contribution is -2.70. The highest BCUT2D eigenvalue weighted by atomic mass is 16.6. The highest BCUT2D eigenvalue weighted by molar-refractivity contribution is 5.89. The van der Waals surface area contributed by atoms with Crippen LogP contribution in [0.5, 0.6) is 0 Å². The molecule has 1 saturated heterocycles. The summed E-state index contributed by atoms with van der Waals surface area (Å²) in [7, 11) is 0. The monoisotopic (exact) mass is 694 g/mol. The lowest BCUT2D eigenvalue weighted by molar-refractivity contribution is -0.260. The molecule has 1 aromatic rings. The average Bonchev–Trinajstić information content (AvgIpc) is 3.38. The molecule has 0 amide bonds. The smallest absolute Gasteiger partial charge is 0.338 e. The number of aliphatic hydroxyl groups excluding tert-OH is 1. The van der Waals surface area contributed by atoms with Crippen LogP contribution in [0, 0.1) is 45.3 Å². The van der Waals surface area contributed by atoms with Gasteiger partial charge in [-0.1, -0.05) is 64.5 Å². The van der Waals surface area contributed by atoms with Gasteiger partial charge in [0.1, 0.15) is 24.4 Å². The van der Waals surface area contributed by atoms with Gasteiger partial charge in [0.25, 0.3) is 0 Å². The first-order valence-electron chi connectivity index (χ1n) is 18.6. The molecule has 1 aliphatic heterocycles. The van der Waals surface area contributed by atoms with E-state index in [1.54, 1.807) is 26.0 Å². The summed E-state index contributed by atoms with van der Waals surface area (Å²) in [5, 5.41) is 21.7. The lowest BCUT2D eigenvalue weighted by Gasteiger charge is -2.70. The van der Waals surface area contributed by atoms with Crippen LogP contribution in [0.4, 0.5) is 0 Å². The van der Waals surface area contributed by atoms with Crippen molar-refractivity contribution < 1.29 is 43.5 Å². The minimum atomic E-state index is -1.14. The van der Waals surface area contributed by atoms with Gasteiger partial charge in [0.15, 0.2) is 0 Å². The van der Waals surface area contributed by atoms with E-state index in [4.69, 9.17) is 18.9 Å². The molecule has 4 aliphatic carbocycles. The summed E-state index contributed by atoms with van der Waals surface area (Å²) in [6.07, 6.45) is 3.47. The van der Waals surface area contributed by atoms with Gasteiger partial charge in [0.05, 0.1) is 23.9 Å². The molecule has 0 radical (unpaired) electrons. The van der Waals surface area contributed by atoms with Gasteiger partial charge in [-0.15, -0.1) is 0 Å². The largest absolute Gasteiger partial charge is 0.462 e. The first-order valence-corrected chi connectivity index (χ1v) is 18.6. The Bertz CT molecular complexity index is 1510. The zero-order valence-electron chi connectivity index (χ0n) is 31.4. The molecule has 0 unspecified atom stereocenters. The molecule has 5 aliphatic rings. The topological polar surface area (TPSA) is 129 Å². The van der Waals surface area contributed by atoms with Gasteiger partial charge in [0, 0.05) is 36.5 Å². The van der Waals surface area contributed by atoms with Gasteiger partial charge in [-0.3, -0.25) is 9.59 Å². The van der Waals surface area contributed by atoms with Crippen LogP contribution in [0.25, 0.3) is 0 Å². The Labute approximate surface area is 297 Å². The number of ether oxygens (including phenoxy) is 4. The van der Waals surface area contributed by atoms with E-state index < -0.39 is 58.3 Å². The van der Waals surface area contributed by atoms with Crippen LogP contribution in [0.1, 0.15) is 111 Å². The maximum atomic E-state index is 13.4. The standard InChI is InChI=1S/C41H58O9/c1-23(42)48-33-20-31-37(3,4)32(50-36(45)25-13-11-10-12-14-25)21-34(49-24(2)43)41(31,9)30-17-18-39(7)27(15-16-29(39)40(30,33)8)26-19-28(44)35(47-22-26)38(5,6)46/h10-14,16,26-28,30-35,44,46H,15,17-22H2,1-9H3/t26-,27+,28-,30+,31+,32-,33-,34+,35-,39+,40+,41-/m1/s1. The van der Waals surface area contributed by atoms with Crippen LogP contribution in [0.2, 0.25) is 0 Å². The van der Waals surface area contributed by atoms with Crippen LogP contribution in [-0.4, -0.2) is 70.8 Å². The second-order valence-electron chi connectivity index (χ2n) is 17.9. The highest BCUT2D eigenvalue weighted by Crippen LogP contribution is 2.74. The van der Waals surface area contributed by atoms with Crippen LogP contribution in [0.15, 0.2) is 42.0 Å². The van der Waals surface area contributed by atoms with Crippen LogP contribution in [0.3, 0.4) is 0 Å². The molecule has 9 nitrogen and oxygen atoms in total. The van der Waals surface area contributed by atoms with E-state index in [2.05, 4.69) is 40.7 Å². The lowest BCUT2D eigenvalue weighted by atomic mass is 9.36. The summed E-state index contributed by atoms with van der Waals surface area (Å²) < 4.78 is 25.1. The van der Waals surface area contributed by atoms with Crippen molar-refractivity contribution >= 4 is 17.9 Å². The van der Waals surface area contributed by atoms with E-state index in [0.29, 0.717) is 31.4 Å². The number of carbonyl (C=O) groups is 3. The predicted molar refractivity (Wildman–Crippen MR) is 187 cm³/mol. The molecule has 276 valence electrons. The number of rotatable bonds is 6. The number of allylic oxidation sites excluding steroid dienone is 1. The maximum absolute atomic E-state index is 13.4. The Morgan fingerprint density at radius 1 is 0.860 bits per heavy atom. The summed E-state index contributed by atoms with van der Waals surface area (Å²) in [4.78, 5) is 39.1. The second kappa shape index (κ2) is 12.7. The molecule has 9 heteroatoms. The van der Waals surface area contributed by atoms with E-state index in [0.717, 1.165) is 19.3 Å². The Kier molecular flexibility index (Phi) is 9.43. The third-order valence-corrected chi connectivity index (χ3v) is 14.3. The van der Waals surface area contributed by atoms with E-state index in [9.17, 15) is 24.6 Å². The molecule has 0 spiro atoms. The molecule has 0 bridgehead atoms. The van der Waals surface area contributed by atoms with Crippen molar-refractivity contribution in [3.63, 3.8) is 0 Å². The number of hydrogen-bond acceptors (Lipinski definition) is 9. The van der Waals surface area contributed by atoms with Gasteiger partial charge in [-0.25, -0.2) is 4.79 Å². The minimum absolute atomic E-state index is 0.00154. The Balaban J connectivity index is 1.37. The summed E-state index contributed by atoms with van der Waals surface area (Å²) in [6, 6.07) is 8.95. The molecular weight excluding hydrogens is 636 g/mol. The van der Waals surface area contributed by atoms with E-state index in [-0.39, 0.29) is 41.0 Å². The molecule has 50 heavy (non-hydrogen) atoms. The SMILES string of the molecule is CC(=O)O[C@H]1C[C@@H](OC(=O)c2ccccc2)C(C)(C)[C@@H]2C[C@@H](OC(C)=O)[C@@]3(C)C4=CC[C@@H]([C@H]5CO[C@@H](C(C)(C)O)[C@H](O)C5)[C@]4(C)CC[C@@H]3[C@@]12C. The van der Waals surface area contributed by atoms with Crippen LogP contribution >= 0.6 is 0 Å². The zero-order valence-corrected chi connectivity index (χ0v) is 31.4. The van der Waals surface area contributed by atoms with Crippen molar-refractivity contribution in [1.29, 1.82) is 0 Å². The number of fused-ring (bicyclic) bond motifs is 5. The Hall–Kier alpha value is -2.75. The highest BCUT2D eigenvalue weighted by Gasteiger charge is 2.72. The molecule has 4 fully saturated rings. The Morgan fingerprint density at radius 3 is 2.10 bits per heavy atom. The molecule has 3 saturated carbocycles. The summed E-state index contributed by atoms with van der Waals surface area (Å²) in [5.74, 6) is -0.904. The summed E-state index contributed by atoms with van der Waals surface area (Å²) in [6.45, 7) is 17.9. The number of hydrogen-bond donors (Lipinski definition) is 2. The van der Waals surface area contributed by atoms with Gasteiger partial charge in [-0.05, 0) is 87.2 Å². The van der Waals surface area contributed by atoms with Crippen molar-refractivity contribution in [2.24, 2.45) is 45.3 Å². The average molecular weight is 695 g/mol. The number of esters is 3. The van der Waals surface area contributed by atoms with Gasteiger partial charge >= 0.3 is 17.9 Å². The normalized spacial score (nSPS) is 42.2. The van der Waals surface area contributed by atoms with Gasteiger partial charge in [-0.2, -0.15) is 0 Å². The van der Waals surface area contributed by atoms with Crippen molar-refractivity contribution in [2.45, 2.75) is 137 Å². The van der Waals surface area contributed by atoms with Crippen molar-refractivity contribution in [3.8, 4) is 0 Å². The first-order chi connectivity index (χ1) is 23.2. The molecule has 12 atom stereocenters. The molecule has 1 heterocycles. The Morgan fingerprint density at radius 2 is 1.50 bits per heavy atom.